The number of fused-ring (bicyclic) bond motifs is 4. The van der Waals surface area contributed by atoms with E-state index in [1.807, 2.05) is 12.3 Å². The maximum atomic E-state index is 6.93. The third-order valence-corrected chi connectivity index (χ3v) is 15.3. The van der Waals surface area contributed by atoms with Crippen LogP contribution < -0.4 is 9.30 Å². The van der Waals surface area contributed by atoms with Gasteiger partial charge in [-0.15, -0.1) is 0 Å². The molecule has 0 radical (unpaired) electrons. The van der Waals surface area contributed by atoms with Crippen molar-refractivity contribution in [2.45, 2.75) is 78.1 Å². The Balaban J connectivity index is 0.994. The molecule has 0 amide bonds. The summed E-state index contributed by atoms with van der Waals surface area (Å²) in [6.45, 7) is 18.5. The van der Waals surface area contributed by atoms with E-state index in [0.29, 0.717) is 5.75 Å². The summed E-state index contributed by atoms with van der Waals surface area (Å²) in [5, 5.41) is 2.31. The van der Waals surface area contributed by atoms with Crippen LogP contribution in [0.25, 0.3) is 83.4 Å². The number of pyridine rings is 1. The highest BCUT2D eigenvalue weighted by molar-refractivity contribution is 6.09. The molecule has 9 aromatic carbocycles. The van der Waals surface area contributed by atoms with Crippen LogP contribution in [0.5, 0.6) is 11.5 Å². The van der Waals surface area contributed by atoms with Crippen molar-refractivity contribution in [3.63, 3.8) is 0 Å². The van der Waals surface area contributed by atoms with Gasteiger partial charge in [0.15, 0.2) is 0 Å². The van der Waals surface area contributed by atoms with Crippen LogP contribution in [0.4, 0.5) is 0 Å². The zero-order valence-corrected chi connectivity index (χ0v) is 45.3. The van der Waals surface area contributed by atoms with Crippen molar-refractivity contribution in [1.82, 2.24) is 14.1 Å². The van der Waals surface area contributed by atoms with Gasteiger partial charge in [-0.3, -0.25) is 13.7 Å². The van der Waals surface area contributed by atoms with Crippen LogP contribution >= 0.6 is 0 Å². The van der Waals surface area contributed by atoms with Crippen LogP contribution in [0.15, 0.2) is 231 Å². The van der Waals surface area contributed by atoms with Gasteiger partial charge in [-0.1, -0.05) is 219 Å². The Kier molecular flexibility index (Phi) is 12.4. The van der Waals surface area contributed by atoms with Crippen molar-refractivity contribution in [1.29, 1.82) is 0 Å². The summed E-state index contributed by atoms with van der Waals surface area (Å²) in [5.74, 6) is 2.33. The molecule has 5 nitrogen and oxygen atoms in total. The van der Waals surface area contributed by atoms with Gasteiger partial charge < -0.3 is 4.74 Å². The third kappa shape index (κ3) is 9.52. The van der Waals surface area contributed by atoms with Crippen LogP contribution in [-0.2, 0) is 22.7 Å². The molecule has 0 N–H and O–H groups in total. The van der Waals surface area contributed by atoms with Crippen molar-refractivity contribution in [2.24, 2.45) is 0 Å². The van der Waals surface area contributed by atoms with Crippen molar-refractivity contribution in [2.75, 3.05) is 0 Å². The summed E-state index contributed by atoms with van der Waals surface area (Å²) >= 11 is 0. The smallest absolute Gasteiger partial charge is 0.269 e. The van der Waals surface area contributed by atoms with Gasteiger partial charge in [0.25, 0.3) is 6.33 Å². The summed E-state index contributed by atoms with van der Waals surface area (Å²) in [6.07, 6.45) is 6.78. The van der Waals surface area contributed by atoms with Gasteiger partial charge in [-0.2, -0.15) is 0 Å². The van der Waals surface area contributed by atoms with Gasteiger partial charge in [0.2, 0.25) is 0 Å². The lowest BCUT2D eigenvalue weighted by atomic mass is 9.78. The van der Waals surface area contributed by atoms with Gasteiger partial charge in [0.1, 0.15) is 17.3 Å². The lowest BCUT2D eigenvalue weighted by Gasteiger charge is -2.27. The highest BCUT2D eigenvalue weighted by atomic mass is 16.5. The van der Waals surface area contributed by atoms with E-state index < -0.39 is 0 Å². The van der Waals surface area contributed by atoms with Crippen molar-refractivity contribution >= 4 is 32.8 Å². The Morgan fingerprint density at radius 2 is 1.08 bits per heavy atom. The van der Waals surface area contributed by atoms with Crippen LogP contribution in [0.3, 0.4) is 0 Å². The zero-order chi connectivity index (χ0) is 53.1. The molecule has 0 unspecified atom stereocenters. The van der Waals surface area contributed by atoms with Gasteiger partial charge in [0, 0.05) is 23.0 Å². The maximum Gasteiger partial charge on any atom is 0.269 e. The van der Waals surface area contributed by atoms with Crippen LogP contribution in [-0.4, -0.2) is 14.1 Å². The summed E-state index contributed by atoms with van der Waals surface area (Å²) < 4.78 is 13.7. The second-order valence-corrected chi connectivity index (χ2v) is 23.3. The van der Waals surface area contributed by atoms with E-state index in [4.69, 9.17) is 9.72 Å². The average Bonchev–Trinajstić information content (AvgIpc) is 4.14. The Labute approximate surface area is 453 Å². The lowest BCUT2D eigenvalue weighted by molar-refractivity contribution is -0.571. The number of rotatable bonds is 11. The van der Waals surface area contributed by atoms with Gasteiger partial charge in [-0.05, 0) is 133 Å². The van der Waals surface area contributed by atoms with Crippen molar-refractivity contribution < 1.29 is 9.30 Å². The molecule has 0 saturated heterocycles. The minimum atomic E-state index is -0.0594. The minimum Gasteiger partial charge on any atom is -0.458 e. The first-order valence-corrected chi connectivity index (χ1v) is 26.9. The molecule has 378 valence electrons. The van der Waals surface area contributed by atoms with Crippen LogP contribution in [0, 0.1) is 6.33 Å². The van der Waals surface area contributed by atoms with Crippen molar-refractivity contribution in [3.05, 3.63) is 259 Å². The first-order valence-electron chi connectivity index (χ1n) is 26.9. The largest absolute Gasteiger partial charge is 0.458 e. The standard InChI is InChI=1S/C72H64N4O/c1-70(2,3)55-41-53(42-56(44-55)71(4,5)6)61-32-21-31-60(51-24-14-10-15-25-51)69(61)75-48-74(67-43-52(34-37-65(67)75)50-22-12-9-13-23-50)57-28-20-29-58(45-57)77-59-35-36-63-62-30-18-19-33-64(62)76(66(63)46-59)68-40-49(38-39-73-68)47-72(7,8)54-26-16-11-17-27-54/h9-46H,47H2,1-8H3. The Bertz CT molecular complexity index is 4100. The third-order valence-electron chi connectivity index (χ3n) is 15.3. The van der Waals surface area contributed by atoms with Crippen LogP contribution in [0.1, 0.15) is 77.6 Å². The van der Waals surface area contributed by atoms with E-state index in [1.54, 1.807) is 0 Å². The highest BCUT2D eigenvalue weighted by Crippen LogP contribution is 2.41. The first kappa shape index (κ1) is 49.1. The van der Waals surface area contributed by atoms with E-state index in [1.165, 1.54) is 33.2 Å². The first-order chi connectivity index (χ1) is 37.2. The predicted octanol–water partition coefficient (Wildman–Crippen LogP) is 18.1. The second-order valence-electron chi connectivity index (χ2n) is 23.3. The zero-order valence-electron chi connectivity index (χ0n) is 45.3. The number of aromatic nitrogens is 4. The molecule has 5 heteroatoms. The molecule has 0 saturated carbocycles. The molecule has 0 aliphatic heterocycles. The number of imidazole rings is 1. The van der Waals surface area contributed by atoms with E-state index in [2.05, 4.69) is 294 Å². The van der Waals surface area contributed by atoms with E-state index in [-0.39, 0.29) is 16.2 Å². The number of ether oxygens (including phenoxy) is 1. The molecular formula is C72H64N4O. The van der Waals surface area contributed by atoms with E-state index in [0.717, 1.165) is 84.6 Å². The molecule has 3 heterocycles. The Hall–Kier alpha value is -8.80. The molecule has 0 fully saturated rings. The molecule has 0 aliphatic carbocycles. The summed E-state index contributed by atoms with van der Waals surface area (Å²) in [4.78, 5) is 5.00. The molecule has 0 aliphatic rings. The molecule has 3 aromatic heterocycles. The molecule has 12 rings (SSSR count). The number of hydrogen-bond acceptors (Lipinski definition) is 2. The number of benzene rings is 9. The summed E-state index contributed by atoms with van der Waals surface area (Å²) in [5.41, 5.74) is 18.0. The van der Waals surface area contributed by atoms with E-state index >= 15 is 0 Å². The Morgan fingerprint density at radius 1 is 0.455 bits per heavy atom. The van der Waals surface area contributed by atoms with Gasteiger partial charge >= 0.3 is 0 Å². The van der Waals surface area contributed by atoms with E-state index in [9.17, 15) is 0 Å². The number of nitrogens with zero attached hydrogens (tertiary/aromatic N) is 4. The monoisotopic (exact) mass is 1000 g/mol. The predicted molar refractivity (Wildman–Crippen MR) is 319 cm³/mol. The van der Waals surface area contributed by atoms with Crippen LogP contribution in [0.2, 0.25) is 0 Å². The molecular weight excluding hydrogens is 937 g/mol. The fraction of sp³-hybridized carbons (Fsp3) is 0.167. The fourth-order valence-electron chi connectivity index (χ4n) is 11.1. The fourth-order valence-corrected chi connectivity index (χ4v) is 11.1. The minimum absolute atomic E-state index is 0.0584. The highest BCUT2D eigenvalue weighted by Gasteiger charge is 2.26. The molecule has 77 heavy (non-hydrogen) atoms. The quantitative estimate of drug-likeness (QED) is 0.0956. The van der Waals surface area contributed by atoms with Gasteiger partial charge in [-0.25, -0.2) is 4.98 Å². The number of para-hydroxylation sites is 2. The maximum absolute atomic E-state index is 6.93. The molecule has 12 aromatic rings. The summed E-state index contributed by atoms with van der Waals surface area (Å²) in [6, 6.07) is 80.7. The second kappa shape index (κ2) is 19.4. The number of hydrogen-bond donors (Lipinski definition) is 0. The molecule has 0 atom stereocenters. The average molecular weight is 1000 g/mol. The van der Waals surface area contributed by atoms with Crippen molar-refractivity contribution in [3.8, 4) is 62.1 Å². The Morgan fingerprint density at radius 3 is 1.79 bits per heavy atom. The topological polar surface area (TPSA) is 35.9 Å². The SMILES string of the molecule is CC(C)(C)c1cc(-c2cccc(-c3ccccc3)c2-[n+]2[c-]n(-c3cccc(Oc4ccc5c6ccccc6n(-c6cc(CC(C)(C)c7ccccc7)ccn6)c5c4)c3)c3cc(-c4ccccc4)ccc32)cc(C(C)(C)C)c1. The summed E-state index contributed by atoms with van der Waals surface area (Å²) in [7, 11) is 0. The normalized spacial score (nSPS) is 12.2. The molecule has 0 spiro atoms. The molecule has 0 bridgehead atoms. The van der Waals surface area contributed by atoms with Gasteiger partial charge in [0.05, 0.1) is 33.4 Å². The lowest BCUT2D eigenvalue weighted by Crippen LogP contribution is -2.31.